The maximum absolute atomic E-state index is 11.3. The molecule has 1 fully saturated rings. The molecule has 0 saturated carbocycles. The molecule has 0 bridgehead atoms. The van der Waals surface area contributed by atoms with Crippen LogP contribution < -0.4 is 5.14 Å². The van der Waals surface area contributed by atoms with E-state index < -0.39 is 10.2 Å². The first-order valence-electron chi connectivity index (χ1n) is 5.12. The third kappa shape index (κ3) is 3.26. The van der Waals surface area contributed by atoms with E-state index in [1.54, 1.807) is 0 Å². The Balaban J connectivity index is 2.18. The van der Waals surface area contributed by atoms with Crippen LogP contribution in [0.3, 0.4) is 0 Å². The maximum Gasteiger partial charge on any atom is 0.277 e. The lowest BCUT2D eigenvalue weighted by molar-refractivity contribution is -0.00257. The molecule has 0 radical (unpaired) electrons. The van der Waals surface area contributed by atoms with Crippen molar-refractivity contribution in [3.05, 3.63) is 34.3 Å². The van der Waals surface area contributed by atoms with Crippen LogP contribution in [0.1, 0.15) is 11.7 Å². The van der Waals surface area contributed by atoms with Crippen molar-refractivity contribution in [2.24, 2.45) is 5.14 Å². The average Bonchev–Trinajstić information content (AvgIpc) is 2.28. The molecular formula is C10H13BrN2O3S. The molecule has 0 spiro atoms. The summed E-state index contributed by atoms with van der Waals surface area (Å²) in [7, 11) is -3.64. The number of rotatable bonds is 2. The largest absolute Gasteiger partial charge is 0.371 e. The number of ether oxygens (including phenoxy) is 1. The van der Waals surface area contributed by atoms with Crippen molar-refractivity contribution in [3.63, 3.8) is 0 Å². The summed E-state index contributed by atoms with van der Waals surface area (Å²) in [6.45, 7) is 0.923. The molecule has 1 aliphatic rings. The van der Waals surface area contributed by atoms with Gasteiger partial charge in [0.1, 0.15) is 0 Å². The average molecular weight is 321 g/mol. The fourth-order valence-electron chi connectivity index (χ4n) is 1.77. The highest BCUT2D eigenvalue weighted by Gasteiger charge is 2.27. The van der Waals surface area contributed by atoms with E-state index in [-0.39, 0.29) is 12.6 Å². The first kappa shape index (κ1) is 13.0. The normalized spacial score (nSPS) is 22.6. The van der Waals surface area contributed by atoms with Crippen LogP contribution in [0.2, 0.25) is 0 Å². The topological polar surface area (TPSA) is 72.6 Å². The van der Waals surface area contributed by atoms with Gasteiger partial charge in [-0.2, -0.15) is 12.7 Å². The summed E-state index contributed by atoms with van der Waals surface area (Å²) in [5.41, 5.74) is 0.938. The Kier molecular flexibility index (Phi) is 3.84. The van der Waals surface area contributed by atoms with Gasteiger partial charge in [0.25, 0.3) is 10.2 Å². The minimum atomic E-state index is -3.64. The molecule has 2 N–H and O–H groups in total. The lowest BCUT2D eigenvalue weighted by Gasteiger charge is -2.31. The predicted molar refractivity (Wildman–Crippen MR) is 67.5 cm³/mol. The first-order chi connectivity index (χ1) is 7.97. The number of nitrogens with two attached hydrogens (primary N) is 1. The zero-order valence-electron chi connectivity index (χ0n) is 9.04. The molecule has 1 saturated heterocycles. The third-order valence-corrected chi connectivity index (χ3v) is 4.15. The van der Waals surface area contributed by atoms with Crippen LogP contribution in [0.4, 0.5) is 0 Å². The van der Waals surface area contributed by atoms with E-state index >= 15 is 0 Å². The monoisotopic (exact) mass is 320 g/mol. The van der Waals surface area contributed by atoms with E-state index in [0.29, 0.717) is 13.2 Å². The summed E-state index contributed by atoms with van der Waals surface area (Å²) in [6, 6.07) is 7.61. The summed E-state index contributed by atoms with van der Waals surface area (Å²) in [5.74, 6) is 0. The van der Waals surface area contributed by atoms with Crippen LogP contribution in [0.5, 0.6) is 0 Å². The van der Waals surface area contributed by atoms with Crippen molar-refractivity contribution in [2.45, 2.75) is 6.10 Å². The molecule has 1 aromatic rings. The Morgan fingerprint density at radius 2 is 2.24 bits per heavy atom. The number of benzene rings is 1. The van der Waals surface area contributed by atoms with Gasteiger partial charge in [0.05, 0.1) is 12.7 Å². The third-order valence-electron chi connectivity index (χ3n) is 2.61. The predicted octanol–water partition coefficient (Wildman–Crippen LogP) is 1.03. The van der Waals surface area contributed by atoms with Gasteiger partial charge < -0.3 is 4.74 Å². The number of nitrogens with zero attached hydrogens (tertiary/aromatic N) is 1. The first-order valence-corrected chi connectivity index (χ1v) is 7.41. The fraction of sp³-hybridized carbons (Fsp3) is 0.400. The van der Waals surface area contributed by atoms with E-state index in [0.717, 1.165) is 10.0 Å². The smallest absolute Gasteiger partial charge is 0.277 e. The Labute approximate surface area is 109 Å². The van der Waals surface area contributed by atoms with E-state index in [1.165, 1.54) is 4.31 Å². The standard InChI is InChI=1S/C10H13BrN2O3S/c11-9-3-1-2-8(6-9)10-7-13(4-5-16-10)17(12,14)15/h1-3,6,10H,4-5,7H2,(H2,12,14,15)/t10-/m1/s1. The van der Waals surface area contributed by atoms with E-state index in [2.05, 4.69) is 15.9 Å². The molecule has 2 rings (SSSR count). The molecule has 0 aliphatic carbocycles. The summed E-state index contributed by atoms with van der Waals surface area (Å²) < 4.78 is 30.3. The van der Waals surface area contributed by atoms with Crippen molar-refractivity contribution in [3.8, 4) is 0 Å². The van der Waals surface area contributed by atoms with Crippen LogP contribution in [-0.2, 0) is 14.9 Å². The fourth-order valence-corrected chi connectivity index (χ4v) is 2.85. The minimum Gasteiger partial charge on any atom is -0.371 e. The lowest BCUT2D eigenvalue weighted by atomic mass is 10.1. The highest BCUT2D eigenvalue weighted by atomic mass is 79.9. The second-order valence-corrected chi connectivity index (χ2v) is 6.28. The zero-order chi connectivity index (χ0) is 12.5. The van der Waals surface area contributed by atoms with Gasteiger partial charge in [-0.1, -0.05) is 28.1 Å². The quantitative estimate of drug-likeness (QED) is 0.884. The van der Waals surface area contributed by atoms with Gasteiger partial charge in [0.2, 0.25) is 0 Å². The number of hydrogen-bond donors (Lipinski definition) is 1. The molecule has 0 aromatic heterocycles. The number of morpholine rings is 1. The van der Waals surface area contributed by atoms with Gasteiger partial charge >= 0.3 is 0 Å². The van der Waals surface area contributed by atoms with Crippen LogP contribution in [0.15, 0.2) is 28.7 Å². The molecule has 0 amide bonds. The summed E-state index contributed by atoms with van der Waals surface area (Å²) in [6.07, 6.45) is -0.264. The number of halogens is 1. The molecule has 0 unspecified atom stereocenters. The van der Waals surface area contributed by atoms with Crippen molar-refractivity contribution in [1.82, 2.24) is 4.31 Å². The summed E-state index contributed by atoms with van der Waals surface area (Å²) in [5, 5.41) is 5.11. The molecule has 1 aliphatic heterocycles. The van der Waals surface area contributed by atoms with E-state index in [9.17, 15) is 8.42 Å². The van der Waals surface area contributed by atoms with Crippen molar-refractivity contribution < 1.29 is 13.2 Å². The highest BCUT2D eigenvalue weighted by molar-refractivity contribution is 9.10. The van der Waals surface area contributed by atoms with Crippen molar-refractivity contribution in [1.29, 1.82) is 0 Å². The molecule has 17 heavy (non-hydrogen) atoms. The van der Waals surface area contributed by atoms with Crippen LogP contribution in [0, 0.1) is 0 Å². The molecule has 1 heterocycles. The van der Waals surface area contributed by atoms with Crippen LogP contribution in [0.25, 0.3) is 0 Å². The molecular weight excluding hydrogens is 308 g/mol. The van der Waals surface area contributed by atoms with Gasteiger partial charge in [-0.3, -0.25) is 0 Å². The second-order valence-electron chi connectivity index (χ2n) is 3.82. The molecule has 1 aromatic carbocycles. The van der Waals surface area contributed by atoms with E-state index in [1.807, 2.05) is 24.3 Å². The van der Waals surface area contributed by atoms with Crippen molar-refractivity contribution >= 4 is 26.1 Å². The van der Waals surface area contributed by atoms with Gasteiger partial charge in [0.15, 0.2) is 0 Å². The Morgan fingerprint density at radius 1 is 1.47 bits per heavy atom. The van der Waals surface area contributed by atoms with Gasteiger partial charge in [-0.25, -0.2) is 5.14 Å². The van der Waals surface area contributed by atoms with Gasteiger partial charge in [0, 0.05) is 17.6 Å². The second kappa shape index (κ2) is 5.03. The SMILES string of the molecule is NS(=O)(=O)N1CCO[C@@H](c2cccc(Br)c2)C1. The Bertz CT molecular complexity index is 506. The molecule has 1 atom stereocenters. The van der Waals surface area contributed by atoms with E-state index in [4.69, 9.17) is 9.88 Å². The van der Waals surface area contributed by atoms with Gasteiger partial charge in [-0.05, 0) is 17.7 Å². The molecule has 5 nitrogen and oxygen atoms in total. The molecule has 94 valence electrons. The minimum absolute atomic E-state index is 0.259. The highest BCUT2D eigenvalue weighted by Crippen LogP contribution is 2.25. The van der Waals surface area contributed by atoms with Crippen LogP contribution >= 0.6 is 15.9 Å². The summed E-state index contributed by atoms with van der Waals surface area (Å²) >= 11 is 3.37. The van der Waals surface area contributed by atoms with Gasteiger partial charge in [-0.15, -0.1) is 0 Å². The van der Waals surface area contributed by atoms with Crippen molar-refractivity contribution in [2.75, 3.05) is 19.7 Å². The Morgan fingerprint density at radius 3 is 2.88 bits per heavy atom. The summed E-state index contributed by atoms with van der Waals surface area (Å²) in [4.78, 5) is 0. The lowest BCUT2D eigenvalue weighted by Crippen LogP contribution is -2.45. The van der Waals surface area contributed by atoms with Crippen LogP contribution in [-0.4, -0.2) is 32.4 Å². The zero-order valence-corrected chi connectivity index (χ0v) is 11.4. The maximum atomic E-state index is 11.3. The Hall–Kier alpha value is -0.470. The molecule has 7 heteroatoms. The number of hydrogen-bond acceptors (Lipinski definition) is 3.